The Labute approximate surface area is 172 Å². The number of rotatable bonds is 5. The van der Waals surface area contributed by atoms with Crippen molar-refractivity contribution < 1.29 is 13.2 Å². The number of nitrogens with zero attached hydrogens (tertiary/aromatic N) is 1. The number of sulfonamides is 1. The van der Waals surface area contributed by atoms with Gasteiger partial charge < -0.3 is 5.32 Å². The van der Waals surface area contributed by atoms with Gasteiger partial charge in [0.2, 0.25) is 15.9 Å². The molecule has 1 atom stereocenters. The summed E-state index contributed by atoms with van der Waals surface area (Å²) in [6.07, 6.45) is 2.13. The molecular formula is C19H20BrClN2O3S. The van der Waals surface area contributed by atoms with E-state index in [1.807, 2.05) is 24.3 Å². The third-order valence-electron chi connectivity index (χ3n) is 4.53. The highest BCUT2D eigenvalue weighted by Gasteiger charge is 2.36. The van der Waals surface area contributed by atoms with Crippen LogP contribution in [0.3, 0.4) is 0 Å². The Balaban J connectivity index is 2.01. The van der Waals surface area contributed by atoms with E-state index in [4.69, 9.17) is 11.6 Å². The highest BCUT2D eigenvalue weighted by molar-refractivity contribution is 9.10. The van der Waals surface area contributed by atoms with Gasteiger partial charge in [-0.25, -0.2) is 8.42 Å². The van der Waals surface area contributed by atoms with E-state index in [2.05, 4.69) is 21.2 Å². The van der Waals surface area contributed by atoms with Crippen LogP contribution in [0.5, 0.6) is 0 Å². The van der Waals surface area contributed by atoms with Gasteiger partial charge in [0.1, 0.15) is 6.04 Å². The summed E-state index contributed by atoms with van der Waals surface area (Å²) < 4.78 is 28.9. The lowest BCUT2D eigenvalue weighted by Gasteiger charge is -2.29. The van der Waals surface area contributed by atoms with Crippen molar-refractivity contribution in [2.75, 3.05) is 6.54 Å². The van der Waals surface area contributed by atoms with Crippen molar-refractivity contribution in [1.29, 1.82) is 0 Å². The molecule has 27 heavy (non-hydrogen) atoms. The van der Waals surface area contributed by atoms with Crippen LogP contribution in [0, 0.1) is 0 Å². The Morgan fingerprint density at radius 3 is 2.41 bits per heavy atom. The molecule has 1 heterocycles. The molecule has 5 nitrogen and oxygen atoms in total. The minimum absolute atomic E-state index is 0.121. The molecule has 2 aromatic carbocycles. The van der Waals surface area contributed by atoms with Crippen molar-refractivity contribution in [3.8, 4) is 0 Å². The summed E-state index contributed by atoms with van der Waals surface area (Å²) in [5.41, 5.74) is 0.813. The summed E-state index contributed by atoms with van der Waals surface area (Å²) in [6, 6.07) is 12.7. The van der Waals surface area contributed by atoms with E-state index in [1.54, 1.807) is 12.1 Å². The second kappa shape index (κ2) is 8.73. The molecule has 1 fully saturated rings. The summed E-state index contributed by atoms with van der Waals surface area (Å²) in [7, 11) is -3.87. The van der Waals surface area contributed by atoms with E-state index in [-0.39, 0.29) is 17.3 Å². The van der Waals surface area contributed by atoms with Crippen molar-refractivity contribution in [2.24, 2.45) is 0 Å². The number of carbonyl (C=O) groups is 1. The second-order valence-corrected chi connectivity index (χ2v) is 9.68. The number of hydrogen-bond acceptors (Lipinski definition) is 3. The Morgan fingerprint density at radius 2 is 1.74 bits per heavy atom. The third kappa shape index (κ3) is 4.90. The van der Waals surface area contributed by atoms with Crippen molar-refractivity contribution in [2.45, 2.75) is 36.7 Å². The molecule has 3 rings (SSSR count). The van der Waals surface area contributed by atoms with Crippen LogP contribution in [0.1, 0.15) is 24.8 Å². The largest absolute Gasteiger partial charge is 0.355 e. The zero-order valence-corrected chi connectivity index (χ0v) is 17.7. The zero-order valence-electron chi connectivity index (χ0n) is 14.6. The molecule has 0 radical (unpaired) electrons. The van der Waals surface area contributed by atoms with Gasteiger partial charge in [0.15, 0.2) is 0 Å². The number of hydrogen-bond donors (Lipinski definition) is 1. The molecular weight excluding hydrogens is 452 g/mol. The molecule has 2 aromatic rings. The third-order valence-corrected chi connectivity index (χ3v) is 7.18. The zero-order chi connectivity index (χ0) is 19.4. The Hall–Kier alpha value is -1.41. The van der Waals surface area contributed by atoms with E-state index in [0.29, 0.717) is 18.0 Å². The molecule has 1 amide bonds. The second-order valence-electron chi connectivity index (χ2n) is 6.43. The molecule has 0 bridgehead atoms. The lowest BCUT2D eigenvalue weighted by atomic mass is 10.1. The van der Waals surface area contributed by atoms with Crippen LogP contribution in [-0.2, 0) is 21.4 Å². The number of benzene rings is 2. The highest BCUT2D eigenvalue weighted by Crippen LogP contribution is 2.26. The summed E-state index contributed by atoms with van der Waals surface area (Å²) in [6.45, 7) is 0.693. The van der Waals surface area contributed by atoms with Gasteiger partial charge in [-0.2, -0.15) is 4.31 Å². The first-order valence-corrected chi connectivity index (χ1v) is 11.3. The van der Waals surface area contributed by atoms with Crippen LogP contribution >= 0.6 is 27.5 Å². The predicted octanol–water partition coefficient (Wildman–Crippen LogP) is 3.96. The van der Waals surface area contributed by atoms with E-state index >= 15 is 0 Å². The van der Waals surface area contributed by atoms with Crippen LogP contribution in [0.15, 0.2) is 57.9 Å². The number of amides is 1. The minimum atomic E-state index is -3.87. The summed E-state index contributed by atoms with van der Waals surface area (Å²) >= 11 is 9.29. The normalized spacial score (nSPS) is 18.2. The molecule has 0 aromatic heterocycles. The summed E-state index contributed by atoms with van der Waals surface area (Å²) in [5.74, 6) is -0.248. The van der Waals surface area contributed by atoms with Crippen LogP contribution in [0.4, 0.5) is 0 Å². The average Bonchev–Trinajstić information content (AvgIpc) is 2.86. The predicted molar refractivity (Wildman–Crippen MR) is 109 cm³/mol. The smallest absolute Gasteiger partial charge is 0.244 e. The van der Waals surface area contributed by atoms with Gasteiger partial charge in [-0.15, -0.1) is 0 Å². The molecule has 0 aliphatic carbocycles. The van der Waals surface area contributed by atoms with Crippen molar-refractivity contribution in [3.63, 3.8) is 0 Å². The molecule has 1 saturated heterocycles. The minimum Gasteiger partial charge on any atom is -0.355 e. The van der Waals surface area contributed by atoms with Crippen LogP contribution in [0.2, 0.25) is 5.02 Å². The molecule has 1 N–H and O–H groups in total. The number of carbonyl (C=O) groups excluding carboxylic acids is 1. The standard InChI is InChI=1S/C19H20BrClN2O3S/c20-15-6-4-14(5-7-15)13-23(18-3-1-2-12-22-19(18)24)27(25,26)17-10-8-16(21)9-11-17/h4-11,18H,1-3,12-13H2,(H,22,24)/t18-/m0/s1. The number of halogens is 2. The van der Waals surface area contributed by atoms with Gasteiger partial charge in [0.25, 0.3) is 0 Å². The Morgan fingerprint density at radius 1 is 1.07 bits per heavy atom. The molecule has 1 aliphatic rings. The lowest BCUT2D eigenvalue weighted by molar-refractivity contribution is -0.124. The maximum Gasteiger partial charge on any atom is 0.244 e. The van der Waals surface area contributed by atoms with Crippen LogP contribution < -0.4 is 5.32 Å². The van der Waals surface area contributed by atoms with Gasteiger partial charge in [0.05, 0.1) is 4.90 Å². The molecule has 8 heteroatoms. The van der Waals surface area contributed by atoms with Crippen molar-refractivity contribution in [3.05, 3.63) is 63.6 Å². The quantitative estimate of drug-likeness (QED) is 0.718. The Kier molecular flexibility index (Phi) is 6.57. The van der Waals surface area contributed by atoms with E-state index in [1.165, 1.54) is 16.4 Å². The van der Waals surface area contributed by atoms with Crippen molar-refractivity contribution in [1.82, 2.24) is 9.62 Å². The van der Waals surface area contributed by atoms with Gasteiger partial charge in [-0.05, 0) is 61.2 Å². The first-order valence-electron chi connectivity index (χ1n) is 8.67. The molecule has 144 valence electrons. The Bertz CT molecular complexity index is 902. The van der Waals surface area contributed by atoms with E-state index in [9.17, 15) is 13.2 Å². The fourth-order valence-corrected chi connectivity index (χ4v) is 5.07. The van der Waals surface area contributed by atoms with E-state index < -0.39 is 16.1 Å². The van der Waals surface area contributed by atoms with Crippen molar-refractivity contribution >= 4 is 43.5 Å². The average molecular weight is 472 g/mol. The SMILES string of the molecule is O=C1NCCCC[C@@H]1N(Cc1ccc(Br)cc1)S(=O)(=O)c1ccc(Cl)cc1. The van der Waals surface area contributed by atoms with E-state index in [0.717, 1.165) is 22.9 Å². The summed E-state index contributed by atoms with van der Waals surface area (Å²) in [5, 5.41) is 3.29. The molecule has 0 unspecified atom stereocenters. The topological polar surface area (TPSA) is 66.5 Å². The first-order chi connectivity index (χ1) is 12.9. The van der Waals surface area contributed by atoms with Gasteiger partial charge in [-0.3, -0.25) is 4.79 Å². The maximum absolute atomic E-state index is 13.4. The lowest BCUT2D eigenvalue weighted by Crippen LogP contribution is -2.48. The fourth-order valence-electron chi connectivity index (χ4n) is 3.07. The maximum atomic E-state index is 13.4. The monoisotopic (exact) mass is 470 g/mol. The first kappa shape index (κ1) is 20.3. The van der Waals surface area contributed by atoms with Crippen LogP contribution in [0.25, 0.3) is 0 Å². The van der Waals surface area contributed by atoms with Gasteiger partial charge in [0, 0.05) is 22.6 Å². The van der Waals surface area contributed by atoms with Gasteiger partial charge >= 0.3 is 0 Å². The summed E-state index contributed by atoms with van der Waals surface area (Å²) in [4.78, 5) is 12.7. The fraction of sp³-hybridized carbons (Fsp3) is 0.316. The molecule has 1 aliphatic heterocycles. The highest BCUT2D eigenvalue weighted by atomic mass is 79.9. The molecule has 0 saturated carbocycles. The number of nitrogens with one attached hydrogen (secondary N) is 1. The van der Waals surface area contributed by atoms with Gasteiger partial charge in [-0.1, -0.05) is 39.7 Å². The van der Waals surface area contributed by atoms with Crippen LogP contribution in [-0.4, -0.2) is 31.2 Å². The molecule has 0 spiro atoms.